The molecule has 4 rings (SSSR count). The second-order valence-electron chi connectivity index (χ2n) is 7.58. The largest absolute Gasteiger partial charge is 0.480 e. The molecule has 150 valence electrons. The summed E-state index contributed by atoms with van der Waals surface area (Å²) in [6.45, 7) is 4.89. The monoisotopic (exact) mass is 421 g/mol. The van der Waals surface area contributed by atoms with Crippen LogP contribution in [0.15, 0.2) is 39.0 Å². The smallest absolute Gasteiger partial charge is 0.263 e. The van der Waals surface area contributed by atoms with E-state index in [4.69, 9.17) is 21.1 Å². The van der Waals surface area contributed by atoms with Gasteiger partial charge in [-0.3, -0.25) is 4.79 Å². The first kappa shape index (κ1) is 19.6. The fourth-order valence-corrected chi connectivity index (χ4v) is 5.21. The van der Waals surface area contributed by atoms with Crippen LogP contribution < -0.4 is 15.2 Å². The van der Waals surface area contributed by atoms with Gasteiger partial charge in [-0.2, -0.15) is 0 Å². The first-order valence-electron chi connectivity index (χ1n) is 9.46. The fraction of sp³-hybridized carbons (Fsp3) is 0.500. The molecule has 0 aliphatic carbocycles. The number of aromatic nitrogens is 2. The van der Waals surface area contributed by atoms with E-state index >= 15 is 0 Å². The first-order valence-corrected chi connectivity index (χ1v) is 10.7. The third-order valence-corrected chi connectivity index (χ3v) is 7.23. The highest BCUT2D eigenvalue weighted by molar-refractivity contribution is 7.99. The van der Waals surface area contributed by atoms with Gasteiger partial charge < -0.3 is 19.4 Å². The van der Waals surface area contributed by atoms with Gasteiger partial charge in [-0.25, -0.2) is 4.98 Å². The van der Waals surface area contributed by atoms with Crippen molar-refractivity contribution in [2.75, 3.05) is 31.7 Å². The number of ether oxygens (including phenoxy) is 2. The Morgan fingerprint density at radius 1 is 1.32 bits per heavy atom. The number of H-pyrrole nitrogens is 1. The van der Waals surface area contributed by atoms with Gasteiger partial charge in [-0.1, -0.05) is 23.4 Å². The van der Waals surface area contributed by atoms with Crippen LogP contribution in [-0.4, -0.2) is 42.9 Å². The summed E-state index contributed by atoms with van der Waals surface area (Å²) in [6, 6.07) is 5.60. The van der Waals surface area contributed by atoms with Gasteiger partial charge in [0, 0.05) is 24.2 Å². The summed E-state index contributed by atoms with van der Waals surface area (Å²) < 4.78 is 10.9. The van der Waals surface area contributed by atoms with Gasteiger partial charge in [0.05, 0.1) is 24.7 Å². The molecular formula is C20H24ClN3O3S. The topological polar surface area (TPSA) is 67.5 Å². The number of rotatable bonds is 4. The van der Waals surface area contributed by atoms with Crippen LogP contribution in [0.3, 0.4) is 0 Å². The molecule has 2 aromatic heterocycles. The van der Waals surface area contributed by atoms with E-state index in [-0.39, 0.29) is 5.56 Å². The molecule has 0 unspecified atom stereocenters. The molecule has 0 radical (unpaired) electrons. The zero-order chi connectivity index (χ0) is 19.7. The first-order chi connectivity index (χ1) is 13.5. The molecule has 2 saturated heterocycles. The van der Waals surface area contributed by atoms with Crippen molar-refractivity contribution in [1.82, 2.24) is 9.97 Å². The van der Waals surface area contributed by atoms with E-state index in [9.17, 15) is 4.79 Å². The predicted octanol–water partition coefficient (Wildman–Crippen LogP) is 3.98. The minimum atomic E-state index is -0.118. The molecule has 4 heterocycles. The van der Waals surface area contributed by atoms with Crippen molar-refractivity contribution in [3.05, 3.63) is 39.8 Å². The lowest BCUT2D eigenvalue weighted by molar-refractivity contribution is 0.0976. The van der Waals surface area contributed by atoms with Crippen molar-refractivity contribution in [1.29, 1.82) is 0 Å². The normalized spacial score (nSPS) is 21.2. The van der Waals surface area contributed by atoms with Crippen LogP contribution in [0.2, 0.25) is 5.02 Å². The van der Waals surface area contributed by atoms with Crippen LogP contribution in [0.25, 0.3) is 0 Å². The number of piperidine rings is 1. The third kappa shape index (κ3) is 3.88. The highest BCUT2D eigenvalue weighted by atomic mass is 35.5. The zero-order valence-corrected chi connectivity index (χ0v) is 17.6. The maximum atomic E-state index is 12.6. The highest BCUT2D eigenvalue weighted by Crippen LogP contribution is 2.42. The Morgan fingerprint density at radius 3 is 2.75 bits per heavy atom. The fourth-order valence-electron chi connectivity index (χ4n) is 4.08. The Morgan fingerprint density at radius 2 is 2.11 bits per heavy atom. The summed E-state index contributed by atoms with van der Waals surface area (Å²) >= 11 is 7.61. The standard InChI is InChI=1S/C20H24ClN3O3S/c1-13-11-20(12-27-13)6-9-24(10-7-20)16-4-3-15(18(25)23-16)28-14-5-8-22-19(26-2)17(14)21/h3-5,8,13H,6-7,9-12H2,1-2H3,(H,23,25)/t13-/m0/s1. The van der Waals surface area contributed by atoms with E-state index in [1.807, 2.05) is 12.1 Å². The molecule has 2 aliphatic rings. The van der Waals surface area contributed by atoms with Gasteiger partial charge in [-0.05, 0) is 49.8 Å². The van der Waals surface area contributed by atoms with E-state index in [0.29, 0.717) is 27.3 Å². The summed E-state index contributed by atoms with van der Waals surface area (Å²) in [5.74, 6) is 1.22. The van der Waals surface area contributed by atoms with E-state index < -0.39 is 0 Å². The Bertz CT molecular complexity index is 912. The van der Waals surface area contributed by atoms with Gasteiger partial charge in [0.2, 0.25) is 5.88 Å². The third-order valence-electron chi connectivity index (χ3n) is 5.65. The van der Waals surface area contributed by atoms with Crippen molar-refractivity contribution in [2.45, 2.75) is 42.1 Å². The molecular weight excluding hydrogens is 398 g/mol. The lowest BCUT2D eigenvalue weighted by Gasteiger charge is -2.39. The zero-order valence-electron chi connectivity index (χ0n) is 16.0. The minimum absolute atomic E-state index is 0.118. The number of hydrogen-bond donors (Lipinski definition) is 1. The van der Waals surface area contributed by atoms with Crippen LogP contribution in [-0.2, 0) is 4.74 Å². The molecule has 1 spiro atoms. The van der Waals surface area contributed by atoms with Crippen LogP contribution in [0, 0.1) is 5.41 Å². The number of halogens is 1. The van der Waals surface area contributed by atoms with Crippen molar-refractivity contribution >= 4 is 29.2 Å². The molecule has 0 bridgehead atoms. The van der Waals surface area contributed by atoms with Gasteiger partial charge in [-0.15, -0.1) is 0 Å². The maximum absolute atomic E-state index is 12.6. The molecule has 28 heavy (non-hydrogen) atoms. The second kappa shape index (κ2) is 7.97. The summed E-state index contributed by atoms with van der Waals surface area (Å²) in [7, 11) is 1.52. The highest BCUT2D eigenvalue weighted by Gasteiger charge is 2.41. The minimum Gasteiger partial charge on any atom is -0.480 e. The number of hydrogen-bond acceptors (Lipinski definition) is 6. The average Bonchev–Trinajstić information content (AvgIpc) is 3.05. The second-order valence-corrected chi connectivity index (χ2v) is 9.05. The number of nitrogens with one attached hydrogen (secondary N) is 1. The molecule has 0 saturated carbocycles. The molecule has 8 heteroatoms. The van der Waals surface area contributed by atoms with Crippen molar-refractivity contribution < 1.29 is 9.47 Å². The summed E-state index contributed by atoms with van der Waals surface area (Å²) in [5, 5.41) is 0.410. The number of anilines is 1. The number of pyridine rings is 2. The maximum Gasteiger partial charge on any atom is 0.263 e. The number of methoxy groups -OCH3 is 1. The Balaban J connectivity index is 1.46. The van der Waals surface area contributed by atoms with E-state index in [0.717, 1.165) is 49.7 Å². The lowest BCUT2D eigenvalue weighted by Crippen LogP contribution is -2.41. The molecule has 2 fully saturated rings. The number of aromatic amines is 1. The van der Waals surface area contributed by atoms with Gasteiger partial charge >= 0.3 is 0 Å². The SMILES string of the molecule is COc1nccc(Sc2ccc(N3CCC4(CC3)CO[C@@H](C)C4)[nH]c2=O)c1Cl. The Labute approximate surface area is 173 Å². The van der Waals surface area contributed by atoms with E-state index in [1.54, 1.807) is 12.3 Å². The lowest BCUT2D eigenvalue weighted by atomic mass is 9.77. The Hall–Kier alpha value is -1.70. The van der Waals surface area contributed by atoms with Crippen molar-refractivity contribution in [3.8, 4) is 5.88 Å². The predicted molar refractivity (Wildman–Crippen MR) is 111 cm³/mol. The Kier molecular flexibility index (Phi) is 5.58. The van der Waals surface area contributed by atoms with Gasteiger partial charge in [0.1, 0.15) is 10.8 Å². The quantitative estimate of drug-likeness (QED) is 0.805. The molecule has 1 N–H and O–H groups in total. The van der Waals surface area contributed by atoms with E-state index in [2.05, 4.69) is 21.8 Å². The summed E-state index contributed by atoms with van der Waals surface area (Å²) in [5.41, 5.74) is 0.204. The number of nitrogens with zero attached hydrogens (tertiary/aromatic N) is 2. The summed E-state index contributed by atoms with van der Waals surface area (Å²) in [4.78, 5) is 23.3. The van der Waals surface area contributed by atoms with Gasteiger partial charge in [0.25, 0.3) is 5.56 Å². The van der Waals surface area contributed by atoms with E-state index in [1.165, 1.54) is 18.9 Å². The van der Waals surface area contributed by atoms with Crippen molar-refractivity contribution in [3.63, 3.8) is 0 Å². The molecule has 0 amide bonds. The van der Waals surface area contributed by atoms with Crippen LogP contribution in [0.5, 0.6) is 5.88 Å². The van der Waals surface area contributed by atoms with Crippen LogP contribution in [0.1, 0.15) is 26.2 Å². The molecule has 1 atom stereocenters. The summed E-state index contributed by atoms with van der Waals surface area (Å²) in [6.07, 6.45) is 5.32. The van der Waals surface area contributed by atoms with Crippen LogP contribution in [0.4, 0.5) is 5.82 Å². The van der Waals surface area contributed by atoms with Gasteiger partial charge in [0.15, 0.2) is 0 Å². The van der Waals surface area contributed by atoms with Crippen molar-refractivity contribution in [2.24, 2.45) is 5.41 Å². The average molecular weight is 422 g/mol. The van der Waals surface area contributed by atoms with Crippen LogP contribution >= 0.6 is 23.4 Å². The molecule has 0 aromatic carbocycles. The molecule has 2 aromatic rings. The molecule has 6 nitrogen and oxygen atoms in total. The molecule has 2 aliphatic heterocycles.